The Balaban J connectivity index is 2.17. The van der Waals surface area contributed by atoms with Crippen molar-refractivity contribution >= 4 is 17.4 Å². The van der Waals surface area contributed by atoms with Crippen LogP contribution in [0.2, 0.25) is 5.02 Å². The largest absolute Gasteiger partial charge is 0.456 e. The standard InChI is InChI=1S/C14H9ClO2/c15-10-5-6-13-9(7-10)8-12(16)11-3-1-2-4-14(11)17-13/h1-7H,8H2. The number of hydrogen-bond donors (Lipinski definition) is 0. The van der Waals surface area contributed by atoms with Crippen LogP contribution in [0, 0.1) is 0 Å². The molecular formula is C14H9ClO2. The fraction of sp³-hybridized carbons (Fsp3) is 0.0714. The van der Waals surface area contributed by atoms with Gasteiger partial charge < -0.3 is 4.74 Å². The van der Waals surface area contributed by atoms with E-state index in [4.69, 9.17) is 16.3 Å². The Labute approximate surface area is 104 Å². The normalized spacial score (nSPS) is 13.4. The molecule has 0 radical (unpaired) electrons. The monoisotopic (exact) mass is 244 g/mol. The van der Waals surface area contributed by atoms with E-state index in [9.17, 15) is 4.79 Å². The van der Waals surface area contributed by atoms with E-state index in [2.05, 4.69) is 0 Å². The van der Waals surface area contributed by atoms with Crippen molar-refractivity contribution in [2.45, 2.75) is 6.42 Å². The third-order valence-electron chi connectivity index (χ3n) is 2.78. The molecule has 0 spiro atoms. The fourth-order valence-corrected chi connectivity index (χ4v) is 2.15. The number of ether oxygens (including phenoxy) is 1. The second-order valence-electron chi connectivity index (χ2n) is 3.95. The van der Waals surface area contributed by atoms with E-state index in [1.54, 1.807) is 30.3 Å². The van der Waals surface area contributed by atoms with Crippen molar-refractivity contribution in [2.75, 3.05) is 0 Å². The predicted octanol–water partition coefficient (Wildman–Crippen LogP) is 3.87. The van der Waals surface area contributed by atoms with E-state index in [1.807, 2.05) is 12.1 Å². The molecule has 1 aliphatic rings. The smallest absolute Gasteiger partial charge is 0.171 e. The lowest BCUT2D eigenvalue weighted by Crippen LogP contribution is -2.01. The summed E-state index contributed by atoms with van der Waals surface area (Å²) in [6, 6.07) is 12.6. The van der Waals surface area contributed by atoms with Crippen molar-refractivity contribution in [3.05, 3.63) is 58.6 Å². The molecule has 84 valence electrons. The molecule has 1 heterocycles. The van der Waals surface area contributed by atoms with Gasteiger partial charge in [-0.25, -0.2) is 0 Å². The number of para-hydroxylation sites is 1. The van der Waals surface area contributed by atoms with E-state index < -0.39 is 0 Å². The first-order valence-corrected chi connectivity index (χ1v) is 5.70. The van der Waals surface area contributed by atoms with E-state index in [1.165, 1.54) is 0 Å². The minimum atomic E-state index is 0.0571. The van der Waals surface area contributed by atoms with E-state index >= 15 is 0 Å². The van der Waals surface area contributed by atoms with Gasteiger partial charge in [-0.05, 0) is 30.3 Å². The minimum Gasteiger partial charge on any atom is -0.456 e. The van der Waals surface area contributed by atoms with Gasteiger partial charge in [-0.15, -0.1) is 0 Å². The number of halogens is 1. The summed E-state index contributed by atoms with van der Waals surface area (Å²) in [5.41, 5.74) is 1.46. The van der Waals surface area contributed by atoms with Crippen molar-refractivity contribution in [1.82, 2.24) is 0 Å². The summed E-state index contributed by atoms with van der Waals surface area (Å²) in [7, 11) is 0. The lowest BCUT2D eigenvalue weighted by atomic mass is 10.0. The first kappa shape index (κ1) is 10.4. The highest BCUT2D eigenvalue weighted by Gasteiger charge is 2.20. The molecule has 0 atom stereocenters. The zero-order valence-electron chi connectivity index (χ0n) is 8.94. The molecule has 0 saturated heterocycles. The maximum atomic E-state index is 12.1. The third kappa shape index (κ3) is 1.81. The second-order valence-corrected chi connectivity index (χ2v) is 4.39. The van der Waals surface area contributed by atoms with Crippen LogP contribution in [-0.2, 0) is 6.42 Å². The zero-order valence-corrected chi connectivity index (χ0v) is 9.70. The van der Waals surface area contributed by atoms with Gasteiger partial charge in [0.2, 0.25) is 0 Å². The average Bonchev–Trinajstić information content (AvgIpc) is 2.46. The molecule has 1 aliphatic heterocycles. The van der Waals surface area contributed by atoms with Crippen LogP contribution in [0.15, 0.2) is 42.5 Å². The summed E-state index contributed by atoms with van der Waals surface area (Å²) in [6.07, 6.45) is 0.326. The van der Waals surface area contributed by atoms with E-state index in [-0.39, 0.29) is 5.78 Å². The third-order valence-corrected chi connectivity index (χ3v) is 3.02. The topological polar surface area (TPSA) is 26.3 Å². The molecule has 0 saturated carbocycles. The number of rotatable bonds is 0. The first-order valence-electron chi connectivity index (χ1n) is 5.32. The number of benzene rings is 2. The molecule has 2 nitrogen and oxygen atoms in total. The molecule has 0 fully saturated rings. The molecule has 3 rings (SSSR count). The highest BCUT2D eigenvalue weighted by atomic mass is 35.5. The van der Waals surface area contributed by atoms with Crippen LogP contribution in [0.25, 0.3) is 0 Å². The summed E-state index contributed by atoms with van der Waals surface area (Å²) in [5.74, 6) is 1.37. The van der Waals surface area contributed by atoms with Crippen LogP contribution in [0.1, 0.15) is 15.9 Å². The van der Waals surface area contributed by atoms with Gasteiger partial charge in [0.1, 0.15) is 11.5 Å². The SMILES string of the molecule is O=C1Cc2cc(Cl)ccc2Oc2ccccc21. The number of carbonyl (C=O) groups is 1. The molecule has 0 aromatic heterocycles. The molecule has 3 heteroatoms. The van der Waals surface area contributed by atoms with Gasteiger partial charge in [-0.2, -0.15) is 0 Å². The van der Waals surface area contributed by atoms with Crippen LogP contribution >= 0.6 is 11.6 Å². The molecule has 0 unspecified atom stereocenters. The highest BCUT2D eigenvalue weighted by Crippen LogP contribution is 2.34. The van der Waals surface area contributed by atoms with Gasteiger partial charge in [-0.1, -0.05) is 23.7 Å². The Kier molecular flexibility index (Phi) is 2.37. The lowest BCUT2D eigenvalue weighted by molar-refractivity contribution is 0.0993. The quantitative estimate of drug-likeness (QED) is 0.703. The summed E-state index contributed by atoms with van der Waals surface area (Å²) in [4.78, 5) is 12.1. The molecule has 2 aromatic rings. The molecule has 0 amide bonds. The maximum absolute atomic E-state index is 12.1. The van der Waals surface area contributed by atoms with Crippen molar-refractivity contribution in [2.24, 2.45) is 0 Å². The van der Waals surface area contributed by atoms with Crippen LogP contribution in [-0.4, -0.2) is 5.78 Å². The van der Waals surface area contributed by atoms with Crippen molar-refractivity contribution < 1.29 is 9.53 Å². The summed E-state index contributed by atoms with van der Waals surface area (Å²) < 4.78 is 5.75. The highest BCUT2D eigenvalue weighted by molar-refractivity contribution is 6.30. The van der Waals surface area contributed by atoms with Gasteiger partial charge in [0.25, 0.3) is 0 Å². The predicted molar refractivity (Wildman–Crippen MR) is 66.0 cm³/mol. The van der Waals surface area contributed by atoms with Crippen molar-refractivity contribution in [3.63, 3.8) is 0 Å². The summed E-state index contributed by atoms with van der Waals surface area (Å²) in [6.45, 7) is 0. The number of Topliss-reactive ketones (excluding diaryl/α,β-unsaturated/α-hetero) is 1. The molecule has 0 aliphatic carbocycles. The van der Waals surface area contributed by atoms with Crippen molar-refractivity contribution in [1.29, 1.82) is 0 Å². The number of fused-ring (bicyclic) bond motifs is 2. The molecule has 0 N–H and O–H groups in total. The summed E-state index contributed by atoms with van der Waals surface area (Å²) in [5, 5.41) is 0.617. The molecule has 0 bridgehead atoms. The first-order chi connectivity index (χ1) is 8.24. The Morgan fingerprint density at radius 1 is 1.06 bits per heavy atom. The van der Waals surface area contributed by atoms with Gasteiger partial charge >= 0.3 is 0 Å². The molecule has 2 aromatic carbocycles. The average molecular weight is 245 g/mol. The Hall–Kier alpha value is -1.80. The summed E-state index contributed by atoms with van der Waals surface area (Å²) >= 11 is 5.92. The molecule has 17 heavy (non-hydrogen) atoms. The van der Waals surface area contributed by atoms with Gasteiger partial charge in [0.05, 0.1) is 5.56 Å². The van der Waals surface area contributed by atoms with Crippen LogP contribution < -0.4 is 4.74 Å². The zero-order chi connectivity index (χ0) is 11.8. The number of ketones is 1. The maximum Gasteiger partial charge on any atom is 0.171 e. The van der Waals surface area contributed by atoms with Gasteiger partial charge in [0.15, 0.2) is 5.78 Å². The van der Waals surface area contributed by atoms with Crippen LogP contribution in [0.3, 0.4) is 0 Å². The minimum absolute atomic E-state index is 0.0571. The number of hydrogen-bond acceptors (Lipinski definition) is 2. The number of carbonyl (C=O) groups excluding carboxylic acids is 1. The van der Waals surface area contributed by atoms with Gasteiger partial charge in [-0.3, -0.25) is 4.79 Å². The van der Waals surface area contributed by atoms with Crippen LogP contribution in [0.5, 0.6) is 11.5 Å². The lowest BCUT2D eigenvalue weighted by Gasteiger charge is -2.07. The Bertz CT molecular complexity index is 605. The molecular weight excluding hydrogens is 236 g/mol. The Morgan fingerprint density at radius 2 is 1.88 bits per heavy atom. The van der Waals surface area contributed by atoms with Crippen molar-refractivity contribution in [3.8, 4) is 11.5 Å². The second kappa shape index (κ2) is 3.90. The van der Waals surface area contributed by atoms with Crippen LogP contribution in [0.4, 0.5) is 0 Å². The fourth-order valence-electron chi connectivity index (χ4n) is 1.96. The van der Waals surface area contributed by atoms with E-state index in [0.29, 0.717) is 28.5 Å². The van der Waals surface area contributed by atoms with Gasteiger partial charge in [0, 0.05) is 17.0 Å². The Morgan fingerprint density at radius 3 is 2.76 bits per heavy atom. The van der Waals surface area contributed by atoms with E-state index in [0.717, 1.165) is 5.56 Å².